The van der Waals surface area contributed by atoms with E-state index in [0.717, 1.165) is 4.47 Å². The Morgan fingerprint density at radius 3 is 2.86 bits per heavy atom. The lowest BCUT2D eigenvalue weighted by atomic mass is 10.3. The molecule has 1 heterocycles. The molecule has 14 heavy (non-hydrogen) atoms. The number of aromatic nitrogens is 1. The summed E-state index contributed by atoms with van der Waals surface area (Å²) in [7, 11) is 3.60. The van der Waals surface area contributed by atoms with E-state index >= 15 is 0 Å². The Kier molecular flexibility index (Phi) is 3.52. The molecular weight excluding hydrogens is 244 g/mol. The van der Waals surface area contributed by atoms with E-state index in [-0.39, 0.29) is 5.91 Å². The number of carbonyl (C=O) groups is 1. The summed E-state index contributed by atoms with van der Waals surface area (Å²) < 4.78 is 2.71. The highest BCUT2D eigenvalue weighted by Gasteiger charge is 2.14. The van der Waals surface area contributed by atoms with Crippen LogP contribution >= 0.6 is 15.9 Å². The standard InChI is InChI=1S/C10H13BrN2O/c1-4-5-12(2)10(14)9-6-8(11)7-13(9)3/h4,6-7H,1,5H2,2-3H3. The number of hydrogen-bond acceptors (Lipinski definition) is 1. The first-order chi connectivity index (χ1) is 6.56. The van der Waals surface area contributed by atoms with Crippen LogP contribution in [0.3, 0.4) is 0 Å². The van der Waals surface area contributed by atoms with E-state index in [1.54, 1.807) is 22.6 Å². The second-order valence-corrected chi connectivity index (χ2v) is 4.04. The molecule has 0 radical (unpaired) electrons. The second kappa shape index (κ2) is 4.46. The van der Waals surface area contributed by atoms with Crippen molar-refractivity contribution >= 4 is 21.8 Å². The van der Waals surface area contributed by atoms with Gasteiger partial charge >= 0.3 is 0 Å². The van der Waals surface area contributed by atoms with Gasteiger partial charge in [-0.2, -0.15) is 0 Å². The van der Waals surface area contributed by atoms with Gasteiger partial charge in [0.05, 0.1) is 0 Å². The van der Waals surface area contributed by atoms with Gasteiger partial charge < -0.3 is 9.47 Å². The van der Waals surface area contributed by atoms with Crippen molar-refractivity contribution in [1.82, 2.24) is 9.47 Å². The van der Waals surface area contributed by atoms with Crippen molar-refractivity contribution in [2.75, 3.05) is 13.6 Å². The molecule has 0 N–H and O–H groups in total. The molecule has 0 fully saturated rings. The van der Waals surface area contributed by atoms with Crippen LogP contribution in [0, 0.1) is 0 Å². The van der Waals surface area contributed by atoms with Gasteiger partial charge in [-0.05, 0) is 22.0 Å². The zero-order chi connectivity index (χ0) is 10.7. The Hall–Kier alpha value is -1.03. The molecule has 0 spiro atoms. The Morgan fingerprint density at radius 1 is 1.79 bits per heavy atom. The monoisotopic (exact) mass is 256 g/mol. The number of hydrogen-bond donors (Lipinski definition) is 0. The van der Waals surface area contributed by atoms with Crippen LogP contribution < -0.4 is 0 Å². The molecule has 1 amide bonds. The number of likely N-dealkylation sites (N-methyl/N-ethyl adjacent to an activating group) is 1. The van der Waals surface area contributed by atoms with Gasteiger partial charge in [-0.3, -0.25) is 4.79 Å². The van der Waals surface area contributed by atoms with Gasteiger partial charge in [-0.15, -0.1) is 6.58 Å². The number of aryl methyl sites for hydroxylation is 1. The Balaban J connectivity index is 2.88. The van der Waals surface area contributed by atoms with E-state index in [0.29, 0.717) is 12.2 Å². The van der Waals surface area contributed by atoms with Crippen molar-refractivity contribution in [2.45, 2.75) is 0 Å². The zero-order valence-electron chi connectivity index (χ0n) is 8.33. The average molecular weight is 257 g/mol. The van der Waals surface area contributed by atoms with Crippen LogP contribution in [0.1, 0.15) is 10.5 Å². The van der Waals surface area contributed by atoms with E-state index in [4.69, 9.17) is 0 Å². The van der Waals surface area contributed by atoms with Crippen molar-refractivity contribution in [3.05, 3.63) is 35.1 Å². The zero-order valence-corrected chi connectivity index (χ0v) is 9.91. The van der Waals surface area contributed by atoms with Gasteiger partial charge in [-0.25, -0.2) is 0 Å². The van der Waals surface area contributed by atoms with Crippen LogP contribution in [-0.4, -0.2) is 29.0 Å². The molecule has 76 valence electrons. The fourth-order valence-electron chi connectivity index (χ4n) is 1.21. The molecule has 1 rings (SSSR count). The maximum atomic E-state index is 11.8. The molecule has 1 aromatic rings. The molecule has 0 aliphatic heterocycles. The van der Waals surface area contributed by atoms with Crippen molar-refractivity contribution < 1.29 is 4.79 Å². The highest BCUT2D eigenvalue weighted by atomic mass is 79.9. The number of amides is 1. The average Bonchev–Trinajstić information content (AvgIpc) is 2.44. The smallest absolute Gasteiger partial charge is 0.270 e. The van der Waals surface area contributed by atoms with E-state index in [2.05, 4.69) is 22.5 Å². The molecular formula is C10H13BrN2O. The van der Waals surface area contributed by atoms with Crippen LogP contribution in [0.4, 0.5) is 0 Å². The number of carbonyl (C=O) groups excluding carboxylic acids is 1. The fourth-order valence-corrected chi connectivity index (χ4v) is 1.73. The lowest BCUT2D eigenvalue weighted by Crippen LogP contribution is -2.28. The van der Waals surface area contributed by atoms with Gasteiger partial charge in [0, 0.05) is 31.3 Å². The number of halogens is 1. The minimum absolute atomic E-state index is 0.00176. The van der Waals surface area contributed by atoms with Crippen LogP contribution in [0.5, 0.6) is 0 Å². The summed E-state index contributed by atoms with van der Waals surface area (Å²) in [5.74, 6) is -0.00176. The Bertz CT molecular complexity index is 357. The summed E-state index contributed by atoms with van der Waals surface area (Å²) in [6.45, 7) is 4.15. The quantitative estimate of drug-likeness (QED) is 0.761. The Morgan fingerprint density at radius 2 is 2.43 bits per heavy atom. The summed E-state index contributed by atoms with van der Waals surface area (Å²) >= 11 is 3.33. The third-order valence-corrected chi connectivity index (χ3v) is 2.37. The number of rotatable bonds is 3. The van der Waals surface area contributed by atoms with Crippen molar-refractivity contribution in [1.29, 1.82) is 0 Å². The maximum absolute atomic E-state index is 11.8. The highest BCUT2D eigenvalue weighted by Crippen LogP contribution is 2.14. The third kappa shape index (κ3) is 2.26. The van der Waals surface area contributed by atoms with Crippen molar-refractivity contribution in [2.24, 2.45) is 7.05 Å². The van der Waals surface area contributed by atoms with Crippen molar-refractivity contribution in [3.8, 4) is 0 Å². The van der Waals surface area contributed by atoms with Gasteiger partial charge in [0.25, 0.3) is 5.91 Å². The van der Waals surface area contributed by atoms with E-state index in [1.807, 2.05) is 19.3 Å². The highest BCUT2D eigenvalue weighted by molar-refractivity contribution is 9.10. The number of nitrogens with zero attached hydrogens (tertiary/aromatic N) is 2. The molecule has 0 bridgehead atoms. The molecule has 1 aromatic heterocycles. The second-order valence-electron chi connectivity index (χ2n) is 3.13. The van der Waals surface area contributed by atoms with Gasteiger partial charge in [0.2, 0.25) is 0 Å². The summed E-state index contributed by atoms with van der Waals surface area (Å²) in [5, 5.41) is 0. The van der Waals surface area contributed by atoms with E-state index in [9.17, 15) is 4.79 Å². The molecule has 0 atom stereocenters. The topological polar surface area (TPSA) is 25.2 Å². The van der Waals surface area contributed by atoms with Crippen LogP contribution in [0.15, 0.2) is 29.4 Å². The van der Waals surface area contributed by atoms with Crippen LogP contribution in [0.25, 0.3) is 0 Å². The molecule has 0 saturated carbocycles. The normalized spacial score (nSPS) is 9.93. The summed E-state index contributed by atoms with van der Waals surface area (Å²) in [6.07, 6.45) is 3.56. The molecule has 0 saturated heterocycles. The summed E-state index contributed by atoms with van der Waals surface area (Å²) in [6, 6.07) is 1.81. The van der Waals surface area contributed by atoms with Gasteiger partial charge in [0.1, 0.15) is 5.69 Å². The minimum atomic E-state index is -0.00176. The van der Waals surface area contributed by atoms with Crippen LogP contribution in [-0.2, 0) is 7.05 Å². The van der Waals surface area contributed by atoms with E-state index < -0.39 is 0 Å². The SMILES string of the molecule is C=CCN(C)C(=O)c1cc(Br)cn1C. The predicted molar refractivity (Wildman–Crippen MR) is 60.3 cm³/mol. The van der Waals surface area contributed by atoms with E-state index in [1.165, 1.54) is 0 Å². The van der Waals surface area contributed by atoms with Crippen molar-refractivity contribution in [3.63, 3.8) is 0 Å². The summed E-state index contributed by atoms with van der Waals surface area (Å²) in [4.78, 5) is 13.4. The van der Waals surface area contributed by atoms with Gasteiger partial charge in [0.15, 0.2) is 0 Å². The lowest BCUT2D eigenvalue weighted by Gasteiger charge is -2.14. The Labute approximate surface area is 92.1 Å². The molecule has 0 aliphatic rings. The third-order valence-electron chi connectivity index (χ3n) is 1.94. The minimum Gasteiger partial charge on any atom is -0.345 e. The lowest BCUT2D eigenvalue weighted by molar-refractivity contribution is 0.0801. The molecule has 0 aliphatic carbocycles. The first-order valence-corrected chi connectivity index (χ1v) is 5.03. The molecule has 0 aromatic carbocycles. The first kappa shape index (κ1) is 11.0. The largest absolute Gasteiger partial charge is 0.345 e. The predicted octanol–water partition coefficient (Wildman–Crippen LogP) is 2.05. The molecule has 3 nitrogen and oxygen atoms in total. The van der Waals surface area contributed by atoms with Crippen LogP contribution in [0.2, 0.25) is 0 Å². The van der Waals surface area contributed by atoms with Gasteiger partial charge in [-0.1, -0.05) is 6.08 Å². The first-order valence-electron chi connectivity index (χ1n) is 4.24. The maximum Gasteiger partial charge on any atom is 0.270 e. The molecule has 4 heteroatoms. The summed E-state index contributed by atoms with van der Waals surface area (Å²) in [5.41, 5.74) is 0.668. The fraction of sp³-hybridized carbons (Fsp3) is 0.300. The molecule has 0 unspecified atom stereocenters.